The molecule has 0 aliphatic heterocycles. The number of ether oxygens (including phenoxy) is 1. The molecule has 2 saturated carbocycles. The Morgan fingerprint density at radius 1 is 1.36 bits per heavy atom. The van der Waals surface area contributed by atoms with Crippen LogP contribution in [0.25, 0.3) is 0 Å². The van der Waals surface area contributed by atoms with E-state index in [1.54, 1.807) is 0 Å². The SMILES string of the molecule is CCC#CO[C@@H]1C[C@@H]2CC[C@H]1C2(C)C. The van der Waals surface area contributed by atoms with Gasteiger partial charge in [0, 0.05) is 12.3 Å². The highest BCUT2D eigenvalue weighted by atomic mass is 16.5. The topological polar surface area (TPSA) is 9.23 Å². The summed E-state index contributed by atoms with van der Waals surface area (Å²) in [5.74, 6) is 4.61. The van der Waals surface area contributed by atoms with Crippen molar-refractivity contribution in [2.45, 2.75) is 52.6 Å². The van der Waals surface area contributed by atoms with Crippen molar-refractivity contribution in [1.82, 2.24) is 0 Å². The molecule has 0 spiro atoms. The molecule has 1 heteroatoms. The van der Waals surface area contributed by atoms with Gasteiger partial charge in [0.2, 0.25) is 0 Å². The van der Waals surface area contributed by atoms with Gasteiger partial charge in [0.25, 0.3) is 0 Å². The first-order valence-corrected chi connectivity index (χ1v) is 5.79. The van der Waals surface area contributed by atoms with Crippen molar-refractivity contribution in [2.24, 2.45) is 17.3 Å². The summed E-state index contributed by atoms with van der Waals surface area (Å²) in [7, 11) is 0. The zero-order valence-electron chi connectivity index (χ0n) is 9.47. The van der Waals surface area contributed by atoms with Gasteiger partial charge < -0.3 is 4.74 Å². The van der Waals surface area contributed by atoms with E-state index in [9.17, 15) is 0 Å². The lowest BCUT2D eigenvalue weighted by Crippen LogP contribution is -2.23. The molecule has 78 valence electrons. The molecule has 0 saturated heterocycles. The van der Waals surface area contributed by atoms with Crippen molar-refractivity contribution in [3.8, 4) is 12.0 Å². The van der Waals surface area contributed by atoms with Crippen LogP contribution in [0.3, 0.4) is 0 Å². The van der Waals surface area contributed by atoms with Crippen molar-refractivity contribution in [2.75, 3.05) is 0 Å². The lowest BCUT2D eigenvalue weighted by molar-refractivity contribution is 0.0908. The summed E-state index contributed by atoms with van der Waals surface area (Å²) in [6.07, 6.45) is 8.14. The fourth-order valence-electron chi connectivity index (χ4n) is 3.28. The minimum atomic E-state index is 0.419. The minimum absolute atomic E-state index is 0.419. The Morgan fingerprint density at radius 3 is 2.64 bits per heavy atom. The van der Waals surface area contributed by atoms with Crippen LogP contribution in [0.5, 0.6) is 0 Å². The Bertz CT molecular complexity index is 269. The smallest absolute Gasteiger partial charge is 0.114 e. The molecule has 0 amide bonds. The molecule has 0 radical (unpaired) electrons. The number of hydrogen-bond acceptors (Lipinski definition) is 1. The first kappa shape index (κ1) is 9.90. The molecule has 0 N–H and O–H groups in total. The van der Waals surface area contributed by atoms with Gasteiger partial charge in [-0.05, 0) is 30.6 Å². The summed E-state index contributed by atoms with van der Waals surface area (Å²) in [5, 5.41) is 0. The summed E-state index contributed by atoms with van der Waals surface area (Å²) in [4.78, 5) is 0. The second kappa shape index (κ2) is 3.50. The normalized spacial score (nSPS) is 37.8. The summed E-state index contributed by atoms with van der Waals surface area (Å²) < 4.78 is 5.65. The van der Waals surface area contributed by atoms with E-state index < -0.39 is 0 Å². The largest absolute Gasteiger partial charge is 0.443 e. The molecule has 2 bridgehead atoms. The molecule has 2 fully saturated rings. The third-order valence-corrected chi connectivity index (χ3v) is 4.26. The summed E-state index contributed by atoms with van der Waals surface area (Å²) >= 11 is 0. The average Bonchev–Trinajstić information content (AvgIpc) is 2.56. The van der Waals surface area contributed by atoms with Crippen molar-refractivity contribution < 1.29 is 4.74 Å². The zero-order chi connectivity index (χ0) is 10.2. The predicted molar refractivity (Wildman–Crippen MR) is 57.6 cm³/mol. The Morgan fingerprint density at radius 2 is 2.14 bits per heavy atom. The van der Waals surface area contributed by atoms with Crippen LogP contribution in [0, 0.1) is 29.3 Å². The van der Waals surface area contributed by atoms with Crippen LogP contribution < -0.4 is 0 Å². The van der Waals surface area contributed by atoms with Crippen LogP contribution in [0.4, 0.5) is 0 Å². The van der Waals surface area contributed by atoms with Gasteiger partial charge >= 0.3 is 0 Å². The van der Waals surface area contributed by atoms with E-state index in [1.165, 1.54) is 19.3 Å². The van der Waals surface area contributed by atoms with Crippen LogP contribution in [0.15, 0.2) is 0 Å². The van der Waals surface area contributed by atoms with Crippen LogP contribution in [-0.2, 0) is 4.74 Å². The molecule has 1 nitrogen and oxygen atoms in total. The molecule has 0 aromatic rings. The van der Waals surface area contributed by atoms with E-state index in [4.69, 9.17) is 4.74 Å². The summed E-state index contributed by atoms with van der Waals surface area (Å²) in [6, 6.07) is 0. The molecule has 0 unspecified atom stereocenters. The maximum absolute atomic E-state index is 5.65. The van der Waals surface area contributed by atoms with E-state index in [-0.39, 0.29) is 0 Å². The van der Waals surface area contributed by atoms with Gasteiger partial charge in [0.05, 0.1) is 0 Å². The van der Waals surface area contributed by atoms with Crippen LogP contribution >= 0.6 is 0 Å². The highest BCUT2D eigenvalue weighted by Crippen LogP contribution is 2.58. The number of hydrogen-bond donors (Lipinski definition) is 0. The van der Waals surface area contributed by atoms with Gasteiger partial charge in [0.15, 0.2) is 0 Å². The fraction of sp³-hybridized carbons (Fsp3) is 0.846. The van der Waals surface area contributed by atoms with E-state index in [2.05, 4.69) is 32.8 Å². The summed E-state index contributed by atoms with van der Waals surface area (Å²) in [6.45, 7) is 6.85. The van der Waals surface area contributed by atoms with E-state index in [0.29, 0.717) is 11.5 Å². The summed E-state index contributed by atoms with van der Waals surface area (Å²) in [5.41, 5.74) is 0.499. The Balaban J connectivity index is 1.99. The van der Waals surface area contributed by atoms with E-state index >= 15 is 0 Å². The van der Waals surface area contributed by atoms with Gasteiger partial charge in [-0.15, -0.1) is 0 Å². The average molecular weight is 192 g/mol. The third kappa shape index (κ3) is 1.41. The van der Waals surface area contributed by atoms with E-state index in [0.717, 1.165) is 18.3 Å². The Hall–Kier alpha value is -0.640. The Kier molecular flexibility index (Phi) is 2.47. The highest BCUT2D eigenvalue weighted by molar-refractivity contribution is 5.04. The molecule has 0 aromatic heterocycles. The minimum Gasteiger partial charge on any atom is -0.443 e. The van der Waals surface area contributed by atoms with Crippen molar-refractivity contribution in [3.63, 3.8) is 0 Å². The van der Waals surface area contributed by atoms with Gasteiger partial charge in [-0.3, -0.25) is 0 Å². The first-order valence-electron chi connectivity index (χ1n) is 5.79. The molecule has 14 heavy (non-hydrogen) atoms. The molecule has 2 aliphatic rings. The molecule has 2 aliphatic carbocycles. The van der Waals surface area contributed by atoms with Crippen LogP contribution in [0.1, 0.15) is 46.5 Å². The second-order valence-corrected chi connectivity index (χ2v) is 5.23. The second-order valence-electron chi connectivity index (χ2n) is 5.23. The van der Waals surface area contributed by atoms with Crippen LogP contribution in [-0.4, -0.2) is 6.10 Å². The van der Waals surface area contributed by atoms with E-state index in [1.807, 2.05) is 0 Å². The zero-order valence-corrected chi connectivity index (χ0v) is 9.47. The van der Waals surface area contributed by atoms with Gasteiger partial charge in [-0.1, -0.05) is 26.7 Å². The highest BCUT2D eigenvalue weighted by Gasteiger charge is 2.54. The van der Waals surface area contributed by atoms with Crippen molar-refractivity contribution in [1.29, 1.82) is 0 Å². The first-order chi connectivity index (χ1) is 6.66. The van der Waals surface area contributed by atoms with Crippen molar-refractivity contribution in [3.05, 3.63) is 0 Å². The molecular weight excluding hydrogens is 172 g/mol. The quantitative estimate of drug-likeness (QED) is 0.580. The lowest BCUT2D eigenvalue weighted by Gasteiger charge is -2.25. The maximum Gasteiger partial charge on any atom is 0.114 e. The molecule has 0 heterocycles. The standard InChI is InChI=1S/C13H20O/c1-4-5-8-14-12-9-10-6-7-11(12)13(10,2)3/h10-12H,4,6-7,9H2,1-3H3/t10-,11+,12+/m0/s1. The van der Waals surface area contributed by atoms with Gasteiger partial charge in [-0.25, -0.2) is 0 Å². The molecule has 3 atom stereocenters. The number of rotatable bonds is 1. The Labute approximate surface area is 87.2 Å². The lowest BCUT2D eigenvalue weighted by atomic mass is 9.82. The monoisotopic (exact) mass is 192 g/mol. The van der Waals surface area contributed by atoms with Crippen molar-refractivity contribution >= 4 is 0 Å². The molecule has 2 rings (SSSR count). The number of fused-ring (bicyclic) bond motifs is 2. The van der Waals surface area contributed by atoms with Gasteiger partial charge in [0.1, 0.15) is 12.2 Å². The molecule has 0 aromatic carbocycles. The predicted octanol–water partition coefficient (Wildman–Crippen LogP) is 3.20. The van der Waals surface area contributed by atoms with Gasteiger partial charge in [-0.2, -0.15) is 0 Å². The van der Waals surface area contributed by atoms with Crippen LogP contribution in [0.2, 0.25) is 0 Å². The fourth-order valence-corrected chi connectivity index (χ4v) is 3.28. The maximum atomic E-state index is 5.65. The molecular formula is C13H20O. The third-order valence-electron chi connectivity index (χ3n) is 4.26.